The Morgan fingerprint density at radius 2 is 2.28 bits per heavy atom. The van der Waals surface area contributed by atoms with Crippen LogP contribution in [-0.4, -0.2) is 64.8 Å². The van der Waals surface area contributed by atoms with Gasteiger partial charge in [-0.2, -0.15) is 5.10 Å². The molecule has 1 aliphatic heterocycles. The van der Waals surface area contributed by atoms with Crippen molar-refractivity contribution in [3.8, 4) is 0 Å². The van der Waals surface area contributed by atoms with Crippen LogP contribution < -0.4 is 10.6 Å². The first kappa shape index (κ1) is 23.2. The summed E-state index contributed by atoms with van der Waals surface area (Å²) in [4.78, 5) is 22.5. The molecule has 0 spiro atoms. The number of hydrogen-bond acceptors (Lipinski definition) is 5. The highest BCUT2D eigenvalue weighted by Crippen LogP contribution is 2.13. The quantitative estimate of drug-likeness (QED) is 0.327. The number of nitrogens with zero attached hydrogens (tertiary/aromatic N) is 5. The number of likely N-dealkylation sites (N-methyl/N-ethyl adjacent to an activating group) is 1. The van der Waals surface area contributed by atoms with Gasteiger partial charge in [0.05, 0.1) is 12.8 Å². The molecule has 2 aromatic rings. The van der Waals surface area contributed by atoms with Crippen LogP contribution in [0, 0.1) is 0 Å². The van der Waals surface area contributed by atoms with Crippen molar-refractivity contribution in [2.24, 2.45) is 4.99 Å². The molecule has 10 heteroatoms. The Bertz CT molecular complexity index is 802. The first-order valence-corrected chi connectivity index (χ1v) is 9.75. The molecular formula is C19H30IN7O2. The van der Waals surface area contributed by atoms with Crippen molar-refractivity contribution < 1.29 is 9.21 Å². The van der Waals surface area contributed by atoms with Crippen LogP contribution in [0.1, 0.15) is 30.8 Å². The van der Waals surface area contributed by atoms with E-state index in [2.05, 4.69) is 32.6 Å². The van der Waals surface area contributed by atoms with Gasteiger partial charge in [-0.3, -0.25) is 4.79 Å². The van der Waals surface area contributed by atoms with Gasteiger partial charge in [0, 0.05) is 45.9 Å². The summed E-state index contributed by atoms with van der Waals surface area (Å²) in [6.45, 7) is 3.57. The summed E-state index contributed by atoms with van der Waals surface area (Å²) in [5.41, 5.74) is 0. The van der Waals surface area contributed by atoms with Gasteiger partial charge in [0.1, 0.15) is 18.1 Å². The zero-order valence-electron chi connectivity index (χ0n) is 17.2. The second-order valence-corrected chi connectivity index (χ2v) is 7.07. The van der Waals surface area contributed by atoms with Gasteiger partial charge < -0.3 is 20.0 Å². The molecule has 0 radical (unpaired) electrons. The minimum atomic E-state index is -0.0399. The Labute approximate surface area is 188 Å². The normalized spacial score (nSPS) is 16.0. The lowest BCUT2D eigenvalue weighted by molar-refractivity contribution is -0.127. The van der Waals surface area contributed by atoms with Gasteiger partial charge in [0.15, 0.2) is 11.8 Å². The number of carbonyl (C=O) groups is 1. The maximum atomic E-state index is 11.9. The fourth-order valence-electron chi connectivity index (χ4n) is 3.02. The van der Waals surface area contributed by atoms with Crippen molar-refractivity contribution in [2.75, 3.05) is 27.2 Å². The van der Waals surface area contributed by atoms with E-state index in [0.717, 1.165) is 49.6 Å². The number of guanidine groups is 1. The zero-order valence-corrected chi connectivity index (χ0v) is 19.6. The third-order valence-electron chi connectivity index (χ3n) is 4.67. The van der Waals surface area contributed by atoms with Crippen LogP contribution in [0.15, 0.2) is 27.8 Å². The molecule has 0 saturated heterocycles. The van der Waals surface area contributed by atoms with E-state index < -0.39 is 0 Å². The maximum absolute atomic E-state index is 11.9. The number of aryl methyl sites for hydroxylation is 2. The Morgan fingerprint density at radius 3 is 2.97 bits per heavy atom. The van der Waals surface area contributed by atoms with E-state index in [4.69, 9.17) is 4.42 Å². The highest BCUT2D eigenvalue weighted by molar-refractivity contribution is 14.0. The van der Waals surface area contributed by atoms with Gasteiger partial charge in [-0.05, 0) is 18.6 Å². The Hall–Kier alpha value is -2.11. The van der Waals surface area contributed by atoms with Crippen LogP contribution in [0.25, 0.3) is 0 Å². The van der Waals surface area contributed by atoms with Crippen molar-refractivity contribution in [2.45, 2.75) is 45.2 Å². The van der Waals surface area contributed by atoms with E-state index in [1.807, 2.05) is 16.8 Å². The molecule has 0 fully saturated rings. The summed E-state index contributed by atoms with van der Waals surface area (Å²) < 4.78 is 7.34. The van der Waals surface area contributed by atoms with Crippen LogP contribution in [-0.2, 0) is 30.6 Å². The Balaban J connectivity index is 0.00000300. The van der Waals surface area contributed by atoms with E-state index in [1.165, 1.54) is 0 Å². The lowest BCUT2D eigenvalue weighted by Crippen LogP contribution is -2.48. The molecule has 29 heavy (non-hydrogen) atoms. The van der Waals surface area contributed by atoms with E-state index in [-0.39, 0.29) is 42.5 Å². The standard InChI is InChI=1S/C19H29N7O2.HI/c1-4-16-23-17-8-7-14(13-26(17)24-16)22-19(21-12-18(27)25(2)3)20-10-9-15-6-5-11-28-15;/h5-6,11,14H,4,7-10,12-13H2,1-3H3,(H2,20,21,22);1H. The average Bonchev–Trinajstić information content (AvgIpc) is 3.34. The van der Waals surface area contributed by atoms with Gasteiger partial charge >= 0.3 is 0 Å². The lowest BCUT2D eigenvalue weighted by Gasteiger charge is -2.25. The zero-order chi connectivity index (χ0) is 19.9. The predicted octanol–water partition coefficient (Wildman–Crippen LogP) is 1.23. The van der Waals surface area contributed by atoms with Gasteiger partial charge in [0.25, 0.3) is 0 Å². The van der Waals surface area contributed by atoms with Crippen molar-refractivity contribution in [3.63, 3.8) is 0 Å². The van der Waals surface area contributed by atoms with E-state index in [0.29, 0.717) is 12.5 Å². The highest BCUT2D eigenvalue weighted by Gasteiger charge is 2.22. The first-order valence-electron chi connectivity index (χ1n) is 9.75. The number of fused-ring (bicyclic) bond motifs is 1. The fraction of sp³-hybridized carbons (Fsp3) is 0.579. The van der Waals surface area contributed by atoms with Gasteiger partial charge in [-0.1, -0.05) is 6.92 Å². The third kappa shape index (κ3) is 6.72. The molecule has 1 atom stereocenters. The van der Waals surface area contributed by atoms with E-state index >= 15 is 0 Å². The number of rotatable bonds is 7. The van der Waals surface area contributed by atoms with Crippen LogP contribution in [0.3, 0.4) is 0 Å². The predicted molar refractivity (Wildman–Crippen MR) is 121 cm³/mol. The number of halogens is 1. The summed E-state index contributed by atoms with van der Waals surface area (Å²) in [7, 11) is 3.46. The number of hydrogen-bond donors (Lipinski definition) is 2. The smallest absolute Gasteiger partial charge is 0.243 e. The third-order valence-corrected chi connectivity index (χ3v) is 4.67. The number of aliphatic imine (C=N–C) groups is 1. The molecule has 3 heterocycles. The Morgan fingerprint density at radius 1 is 1.45 bits per heavy atom. The van der Waals surface area contributed by atoms with Gasteiger partial charge in [0.2, 0.25) is 5.91 Å². The van der Waals surface area contributed by atoms with Crippen molar-refractivity contribution in [1.82, 2.24) is 30.3 Å². The molecule has 1 aliphatic rings. The fourth-order valence-corrected chi connectivity index (χ4v) is 3.02. The molecule has 1 unspecified atom stereocenters. The van der Waals surface area contributed by atoms with Crippen LogP contribution in [0.4, 0.5) is 0 Å². The van der Waals surface area contributed by atoms with Crippen LogP contribution in [0.2, 0.25) is 0 Å². The van der Waals surface area contributed by atoms with Crippen molar-refractivity contribution in [3.05, 3.63) is 35.8 Å². The maximum Gasteiger partial charge on any atom is 0.243 e. The topological polar surface area (TPSA) is 101 Å². The molecule has 3 rings (SSSR count). The molecule has 0 saturated carbocycles. The van der Waals surface area contributed by atoms with E-state index in [9.17, 15) is 4.79 Å². The molecule has 160 valence electrons. The summed E-state index contributed by atoms with van der Waals surface area (Å²) in [6.07, 6.45) is 5.07. The number of carbonyl (C=O) groups excluding carboxylic acids is 1. The second-order valence-electron chi connectivity index (χ2n) is 7.07. The first-order chi connectivity index (χ1) is 13.5. The van der Waals surface area contributed by atoms with Crippen LogP contribution >= 0.6 is 24.0 Å². The van der Waals surface area contributed by atoms with Crippen molar-refractivity contribution in [1.29, 1.82) is 0 Å². The monoisotopic (exact) mass is 515 g/mol. The molecule has 1 amide bonds. The number of aromatic nitrogens is 3. The molecule has 0 bridgehead atoms. The summed E-state index contributed by atoms with van der Waals surface area (Å²) in [6, 6.07) is 4.00. The molecule has 2 N–H and O–H groups in total. The molecule has 2 aromatic heterocycles. The SMILES string of the molecule is CCc1nc2n(n1)CC(NC(=NCC(=O)N(C)C)NCCc1ccco1)CC2.I. The average molecular weight is 515 g/mol. The number of amides is 1. The van der Waals surface area contributed by atoms with E-state index in [1.54, 1.807) is 25.3 Å². The van der Waals surface area contributed by atoms with Crippen molar-refractivity contribution >= 4 is 35.8 Å². The summed E-state index contributed by atoms with van der Waals surface area (Å²) in [5, 5.41) is 11.3. The molecule has 0 aliphatic carbocycles. The lowest BCUT2D eigenvalue weighted by atomic mass is 10.1. The summed E-state index contributed by atoms with van der Waals surface area (Å²) in [5.74, 6) is 3.43. The molecule has 0 aromatic carbocycles. The van der Waals surface area contributed by atoms with Gasteiger partial charge in [-0.25, -0.2) is 14.7 Å². The Kier molecular flexibility index (Phi) is 8.93. The molecular weight excluding hydrogens is 485 g/mol. The molecule has 9 nitrogen and oxygen atoms in total. The number of furan rings is 1. The number of nitrogens with one attached hydrogen (secondary N) is 2. The minimum absolute atomic E-state index is 0. The summed E-state index contributed by atoms with van der Waals surface area (Å²) >= 11 is 0. The minimum Gasteiger partial charge on any atom is -0.469 e. The second kappa shape index (κ2) is 11.2. The largest absolute Gasteiger partial charge is 0.469 e. The highest BCUT2D eigenvalue weighted by atomic mass is 127. The van der Waals surface area contributed by atoms with Crippen LogP contribution in [0.5, 0.6) is 0 Å². The van der Waals surface area contributed by atoms with Gasteiger partial charge in [-0.15, -0.1) is 24.0 Å².